The van der Waals surface area contributed by atoms with Crippen LogP contribution >= 0.6 is 0 Å². The molecule has 0 amide bonds. The van der Waals surface area contributed by atoms with Crippen molar-refractivity contribution < 1.29 is 8.42 Å². The molecule has 0 aliphatic carbocycles. The van der Waals surface area contributed by atoms with Gasteiger partial charge in [0.05, 0.1) is 4.75 Å². The zero-order valence-electron chi connectivity index (χ0n) is 9.27. The van der Waals surface area contributed by atoms with Crippen LogP contribution in [0.4, 0.5) is 0 Å². The van der Waals surface area contributed by atoms with E-state index in [-0.39, 0.29) is 0 Å². The first kappa shape index (κ1) is 12.0. The average molecular weight is 224 g/mol. The van der Waals surface area contributed by atoms with Gasteiger partial charge in [-0.15, -0.1) is 0 Å². The van der Waals surface area contributed by atoms with E-state index in [4.69, 9.17) is 0 Å². The second kappa shape index (κ2) is 4.19. The van der Waals surface area contributed by atoms with Crippen molar-refractivity contribution in [2.24, 2.45) is 0 Å². The second-order valence-corrected chi connectivity index (χ2v) is 6.96. The van der Waals surface area contributed by atoms with E-state index >= 15 is 0 Å². The summed E-state index contributed by atoms with van der Waals surface area (Å²) in [6.07, 6.45) is 1.63. The molecule has 0 aromatic heterocycles. The molecule has 3 heteroatoms. The van der Waals surface area contributed by atoms with E-state index in [2.05, 4.69) is 0 Å². The lowest BCUT2D eigenvalue weighted by molar-refractivity contribution is 0.570. The van der Waals surface area contributed by atoms with E-state index in [1.165, 1.54) is 5.41 Å². The Morgan fingerprint density at radius 3 is 2.07 bits per heavy atom. The van der Waals surface area contributed by atoms with Gasteiger partial charge in [0.1, 0.15) is 0 Å². The monoisotopic (exact) mass is 224 g/mol. The third-order valence-electron chi connectivity index (χ3n) is 2.09. The molecule has 0 atom stereocenters. The predicted octanol–water partition coefficient (Wildman–Crippen LogP) is 2.87. The van der Waals surface area contributed by atoms with Gasteiger partial charge < -0.3 is 0 Å². The predicted molar refractivity (Wildman–Crippen MR) is 64.1 cm³/mol. The third-order valence-corrected chi connectivity index (χ3v) is 4.29. The Balaban J connectivity index is 2.93. The summed E-state index contributed by atoms with van der Waals surface area (Å²) in [5.41, 5.74) is 0.894. The van der Waals surface area contributed by atoms with Crippen LogP contribution in [-0.2, 0) is 9.84 Å². The molecule has 0 saturated heterocycles. The molecular weight excluding hydrogens is 208 g/mol. The third kappa shape index (κ3) is 3.20. The van der Waals surface area contributed by atoms with Crippen LogP contribution in [0.1, 0.15) is 26.3 Å². The maximum absolute atomic E-state index is 11.7. The molecule has 1 aromatic carbocycles. The molecule has 2 nitrogen and oxygen atoms in total. The summed E-state index contributed by atoms with van der Waals surface area (Å²) in [4.78, 5) is 0. The first-order valence-electron chi connectivity index (χ1n) is 4.81. The number of benzene rings is 1. The Bertz CT molecular complexity index is 436. The molecule has 1 aromatic rings. The molecule has 0 saturated carbocycles. The summed E-state index contributed by atoms with van der Waals surface area (Å²) < 4.78 is 22.7. The van der Waals surface area contributed by atoms with Gasteiger partial charge in [-0.3, -0.25) is 0 Å². The van der Waals surface area contributed by atoms with Gasteiger partial charge in [-0.25, -0.2) is 8.42 Å². The molecule has 15 heavy (non-hydrogen) atoms. The lowest BCUT2D eigenvalue weighted by Gasteiger charge is -2.15. The van der Waals surface area contributed by atoms with Crippen molar-refractivity contribution in [1.82, 2.24) is 0 Å². The second-order valence-electron chi connectivity index (χ2n) is 4.37. The quantitative estimate of drug-likeness (QED) is 0.774. The molecule has 0 bridgehead atoms. The van der Waals surface area contributed by atoms with Crippen LogP contribution in [0.15, 0.2) is 35.7 Å². The van der Waals surface area contributed by atoms with Crippen LogP contribution in [-0.4, -0.2) is 13.2 Å². The van der Waals surface area contributed by atoms with Crippen LogP contribution in [0, 0.1) is 0 Å². The highest BCUT2D eigenvalue weighted by Gasteiger charge is 2.25. The van der Waals surface area contributed by atoms with Gasteiger partial charge in [0, 0.05) is 5.41 Å². The van der Waals surface area contributed by atoms with Crippen LogP contribution in [0.25, 0.3) is 6.08 Å². The zero-order valence-corrected chi connectivity index (χ0v) is 10.1. The normalized spacial score (nSPS) is 13.3. The summed E-state index contributed by atoms with van der Waals surface area (Å²) >= 11 is 0. The summed E-state index contributed by atoms with van der Waals surface area (Å²) in [7, 11) is -3.18. The Morgan fingerprint density at radius 1 is 1.07 bits per heavy atom. The molecule has 0 aliphatic rings. The zero-order chi connectivity index (χ0) is 11.5. The molecule has 0 aliphatic heterocycles. The van der Waals surface area contributed by atoms with Crippen LogP contribution in [0.3, 0.4) is 0 Å². The van der Waals surface area contributed by atoms with Crippen molar-refractivity contribution in [3.63, 3.8) is 0 Å². The van der Waals surface area contributed by atoms with E-state index in [0.29, 0.717) is 0 Å². The van der Waals surface area contributed by atoms with Crippen molar-refractivity contribution in [3.8, 4) is 0 Å². The van der Waals surface area contributed by atoms with E-state index in [1.807, 2.05) is 30.3 Å². The fourth-order valence-corrected chi connectivity index (χ4v) is 1.68. The minimum absolute atomic E-state index is 0.738. The van der Waals surface area contributed by atoms with E-state index in [0.717, 1.165) is 5.56 Å². The van der Waals surface area contributed by atoms with Crippen LogP contribution < -0.4 is 0 Å². The van der Waals surface area contributed by atoms with Crippen molar-refractivity contribution in [2.75, 3.05) is 0 Å². The van der Waals surface area contributed by atoms with Crippen molar-refractivity contribution in [3.05, 3.63) is 41.3 Å². The lowest BCUT2D eigenvalue weighted by atomic mass is 10.2. The summed E-state index contributed by atoms with van der Waals surface area (Å²) in [6, 6.07) is 9.39. The fraction of sp³-hybridized carbons (Fsp3) is 0.333. The Morgan fingerprint density at radius 2 is 1.60 bits per heavy atom. The first-order chi connectivity index (χ1) is 6.83. The highest BCUT2D eigenvalue weighted by molar-refractivity contribution is 7.95. The van der Waals surface area contributed by atoms with E-state index in [1.54, 1.807) is 26.8 Å². The molecule has 0 unspecified atom stereocenters. The Hall–Kier alpha value is -1.09. The number of sulfone groups is 1. The molecule has 0 N–H and O–H groups in total. The van der Waals surface area contributed by atoms with Gasteiger partial charge in [-0.2, -0.15) is 0 Å². The van der Waals surface area contributed by atoms with Gasteiger partial charge in [0.25, 0.3) is 0 Å². The first-order valence-corrected chi connectivity index (χ1v) is 6.35. The largest absolute Gasteiger partial charge is 0.224 e. The Labute approximate surface area is 91.6 Å². The molecule has 82 valence electrons. The SMILES string of the molecule is CC(C)(C)S(=O)(=O)/C=C\c1ccccc1. The molecule has 0 heterocycles. The van der Waals surface area contributed by atoms with Gasteiger partial charge in [0.2, 0.25) is 0 Å². The fourth-order valence-electron chi connectivity index (χ4n) is 0.936. The minimum atomic E-state index is -3.18. The minimum Gasteiger partial charge on any atom is -0.224 e. The number of hydrogen-bond donors (Lipinski definition) is 0. The van der Waals surface area contributed by atoms with Crippen LogP contribution in [0.5, 0.6) is 0 Å². The maximum Gasteiger partial charge on any atom is 0.176 e. The van der Waals surface area contributed by atoms with Crippen LogP contribution in [0.2, 0.25) is 0 Å². The summed E-state index contributed by atoms with van der Waals surface area (Å²) in [5, 5.41) is 1.28. The van der Waals surface area contributed by atoms with E-state index < -0.39 is 14.6 Å². The van der Waals surface area contributed by atoms with Gasteiger partial charge in [0.15, 0.2) is 9.84 Å². The molecular formula is C12H16O2S. The number of hydrogen-bond acceptors (Lipinski definition) is 2. The van der Waals surface area contributed by atoms with Gasteiger partial charge >= 0.3 is 0 Å². The molecule has 0 spiro atoms. The average Bonchev–Trinajstić information content (AvgIpc) is 2.15. The Kier molecular flexibility index (Phi) is 3.35. The summed E-state index contributed by atoms with van der Waals surface area (Å²) in [6.45, 7) is 5.08. The van der Waals surface area contributed by atoms with Crippen molar-refractivity contribution in [2.45, 2.75) is 25.5 Å². The van der Waals surface area contributed by atoms with Crippen molar-refractivity contribution in [1.29, 1.82) is 0 Å². The topological polar surface area (TPSA) is 34.1 Å². The lowest BCUT2D eigenvalue weighted by Crippen LogP contribution is -2.25. The molecule has 0 radical (unpaired) electrons. The standard InChI is InChI=1S/C12H16O2S/c1-12(2,3)15(13,14)10-9-11-7-5-4-6-8-11/h4-10H,1-3H3/b10-9-. The highest BCUT2D eigenvalue weighted by atomic mass is 32.2. The molecule has 1 rings (SSSR count). The summed E-state index contributed by atoms with van der Waals surface area (Å²) in [5.74, 6) is 0. The van der Waals surface area contributed by atoms with Crippen molar-refractivity contribution >= 4 is 15.9 Å². The highest BCUT2D eigenvalue weighted by Crippen LogP contribution is 2.18. The smallest absolute Gasteiger partial charge is 0.176 e. The number of rotatable bonds is 2. The van der Waals surface area contributed by atoms with Gasteiger partial charge in [-0.1, -0.05) is 30.3 Å². The maximum atomic E-state index is 11.7. The van der Waals surface area contributed by atoms with Gasteiger partial charge in [-0.05, 0) is 32.4 Å². The molecule has 0 fully saturated rings. The van der Waals surface area contributed by atoms with E-state index in [9.17, 15) is 8.42 Å².